The van der Waals surface area contributed by atoms with Crippen LogP contribution in [0.4, 0.5) is 0 Å². The third-order valence-electron chi connectivity index (χ3n) is 4.25. The topological polar surface area (TPSA) is 62.2 Å². The molecule has 1 amide bonds. The van der Waals surface area contributed by atoms with Crippen LogP contribution in [0, 0.1) is 13.8 Å². The molecule has 0 radical (unpaired) electrons. The van der Waals surface area contributed by atoms with Crippen LogP contribution < -0.4 is 5.32 Å². The molecule has 1 aromatic carbocycles. The number of nitrogens with zero attached hydrogens (tertiary/aromatic N) is 1. The summed E-state index contributed by atoms with van der Waals surface area (Å²) in [6, 6.07) is 7.92. The lowest BCUT2D eigenvalue weighted by Crippen LogP contribution is -2.42. The van der Waals surface area contributed by atoms with Crippen molar-refractivity contribution in [2.75, 3.05) is 12.9 Å². The third kappa shape index (κ3) is 4.03. The van der Waals surface area contributed by atoms with Gasteiger partial charge in [0.2, 0.25) is 5.91 Å². The highest BCUT2D eigenvalue weighted by Gasteiger charge is 2.19. The Morgan fingerprint density at radius 3 is 2.70 bits per heavy atom. The van der Waals surface area contributed by atoms with Crippen molar-refractivity contribution in [1.82, 2.24) is 10.3 Å². The van der Waals surface area contributed by atoms with E-state index in [1.54, 1.807) is 11.8 Å². The number of rotatable bonds is 6. The molecule has 2 unspecified atom stereocenters. The van der Waals surface area contributed by atoms with Gasteiger partial charge in [-0.2, -0.15) is 11.8 Å². The largest absolute Gasteiger partial charge is 0.395 e. The second-order valence-corrected chi connectivity index (χ2v) is 6.88. The van der Waals surface area contributed by atoms with Crippen molar-refractivity contribution >= 4 is 28.6 Å². The quantitative estimate of drug-likeness (QED) is 0.854. The lowest BCUT2D eigenvalue weighted by atomic mass is 9.99. The molecule has 1 heterocycles. The molecule has 5 heteroatoms. The van der Waals surface area contributed by atoms with Gasteiger partial charge in [-0.1, -0.05) is 18.2 Å². The number of carbonyl (C=O) groups is 1. The van der Waals surface area contributed by atoms with Crippen molar-refractivity contribution in [3.63, 3.8) is 0 Å². The van der Waals surface area contributed by atoms with E-state index < -0.39 is 0 Å². The number of aryl methyl sites for hydroxylation is 2. The van der Waals surface area contributed by atoms with Crippen LogP contribution in [0.3, 0.4) is 0 Å². The van der Waals surface area contributed by atoms with Gasteiger partial charge in [-0.3, -0.25) is 9.78 Å². The summed E-state index contributed by atoms with van der Waals surface area (Å²) in [7, 11) is 0. The van der Waals surface area contributed by atoms with Gasteiger partial charge >= 0.3 is 0 Å². The number of pyridine rings is 1. The number of aromatic nitrogens is 1. The van der Waals surface area contributed by atoms with Crippen LogP contribution in [-0.4, -0.2) is 40.2 Å². The van der Waals surface area contributed by atoms with E-state index in [1.807, 2.05) is 51.3 Å². The minimum absolute atomic E-state index is 0.0101. The van der Waals surface area contributed by atoms with E-state index in [0.717, 1.165) is 27.7 Å². The molecule has 0 aliphatic carbocycles. The van der Waals surface area contributed by atoms with Crippen LogP contribution in [0.15, 0.2) is 24.3 Å². The summed E-state index contributed by atoms with van der Waals surface area (Å²) in [5, 5.41) is 13.4. The SMILES string of the molecule is CSC(CO)C(C)NC(=O)Cc1c(C)nc2ccccc2c1C. The zero-order valence-corrected chi connectivity index (χ0v) is 14.9. The average Bonchev–Trinajstić information content (AvgIpc) is 2.52. The molecule has 4 nitrogen and oxygen atoms in total. The minimum Gasteiger partial charge on any atom is -0.395 e. The van der Waals surface area contributed by atoms with E-state index in [9.17, 15) is 9.90 Å². The maximum atomic E-state index is 12.4. The van der Waals surface area contributed by atoms with Crippen LogP contribution in [0.25, 0.3) is 10.9 Å². The van der Waals surface area contributed by atoms with Crippen LogP contribution >= 0.6 is 11.8 Å². The third-order valence-corrected chi connectivity index (χ3v) is 5.41. The van der Waals surface area contributed by atoms with Crippen LogP contribution in [0.2, 0.25) is 0 Å². The smallest absolute Gasteiger partial charge is 0.224 e. The van der Waals surface area contributed by atoms with Gasteiger partial charge in [-0.25, -0.2) is 0 Å². The number of aliphatic hydroxyl groups excluding tert-OH is 1. The molecule has 0 saturated heterocycles. The minimum atomic E-state index is -0.0727. The Bertz CT molecular complexity index is 699. The molecule has 0 saturated carbocycles. The highest BCUT2D eigenvalue weighted by atomic mass is 32.2. The summed E-state index contributed by atoms with van der Waals surface area (Å²) >= 11 is 1.56. The van der Waals surface area contributed by atoms with Gasteiger partial charge in [-0.05, 0) is 44.2 Å². The predicted molar refractivity (Wildman–Crippen MR) is 96.9 cm³/mol. The molecule has 0 fully saturated rings. The number of hydrogen-bond acceptors (Lipinski definition) is 4. The van der Waals surface area contributed by atoms with E-state index in [1.165, 1.54) is 0 Å². The van der Waals surface area contributed by atoms with E-state index in [-0.39, 0.29) is 23.8 Å². The monoisotopic (exact) mass is 332 g/mol. The number of hydrogen-bond donors (Lipinski definition) is 2. The molecule has 2 N–H and O–H groups in total. The molecule has 0 aliphatic rings. The predicted octanol–water partition coefficient (Wildman–Crippen LogP) is 2.62. The summed E-state index contributed by atoms with van der Waals surface area (Å²) in [5.41, 5.74) is 3.95. The van der Waals surface area contributed by atoms with Gasteiger partial charge in [0.15, 0.2) is 0 Å². The number of nitrogens with one attached hydrogen (secondary N) is 1. The first-order valence-electron chi connectivity index (χ1n) is 7.75. The molecule has 0 spiro atoms. The number of para-hydroxylation sites is 1. The molecule has 0 aliphatic heterocycles. The molecular weight excluding hydrogens is 308 g/mol. The Hall–Kier alpha value is -1.59. The standard InChI is InChI=1S/C18H24N2O2S/c1-11-14-7-5-6-8-16(14)19-12(2)15(11)9-18(22)20-13(3)17(10-21)23-4/h5-8,13,17,21H,9-10H2,1-4H3,(H,20,22). The summed E-state index contributed by atoms with van der Waals surface area (Å²) in [5.74, 6) is -0.0340. The van der Waals surface area contributed by atoms with Crippen molar-refractivity contribution in [1.29, 1.82) is 0 Å². The second kappa shape index (κ2) is 7.79. The van der Waals surface area contributed by atoms with Crippen LogP contribution in [0.1, 0.15) is 23.7 Å². The van der Waals surface area contributed by atoms with Crippen molar-refractivity contribution < 1.29 is 9.90 Å². The van der Waals surface area contributed by atoms with Gasteiger partial charge in [0.1, 0.15) is 0 Å². The summed E-state index contributed by atoms with van der Waals surface area (Å²) < 4.78 is 0. The van der Waals surface area contributed by atoms with Crippen LogP contribution in [0.5, 0.6) is 0 Å². The number of carbonyl (C=O) groups excluding carboxylic acids is 1. The summed E-state index contributed by atoms with van der Waals surface area (Å²) in [4.78, 5) is 17.0. The zero-order valence-electron chi connectivity index (χ0n) is 14.1. The lowest BCUT2D eigenvalue weighted by Gasteiger charge is -2.22. The Morgan fingerprint density at radius 2 is 2.04 bits per heavy atom. The van der Waals surface area contributed by atoms with Gasteiger partial charge in [0.05, 0.1) is 18.5 Å². The lowest BCUT2D eigenvalue weighted by molar-refractivity contribution is -0.121. The van der Waals surface area contributed by atoms with Crippen molar-refractivity contribution in [2.24, 2.45) is 0 Å². The number of thioether (sulfide) groups is 1. The van der Waals surface area contributed by atoms with E-state index in [2.05, 4.69) is 10.3 Å². The van der Waals surface area contributed by atoms with E-state index in [4.69, 9.17) is 0 Å². The first-order valence-corrected chi connectivity index (χ1v) is 9.04. The van der Waals surface area contributed by atoms with Gasteiger partial charge in [0.25, 0.3) is 0 Å². The Balaban J connectivity index is 2.20. The Labute approximate surface area is 141 Å². The molecule has 2 atom stereocenters. The first kappa shape index (κ1) is 17.8. The Morgan fingerprint density at radius 1 is 1.35 bits per heavy atom. The van der Waals surface area contributed by atoms with E-state index in [0.29, 0.717) is 6.42 Å². The number of aliphatic hydroxyl groups is 1. The fourth-order valence-corrected chi connectivity index (χ4v) is 3.45. The van der Waals surface area contributed by atoms with Crippen molar-refractivity contribution in [2.45, 2.75) is 38.5 Å². The van der Waals surface area contributed by atoms with E-state index >= 15 is 0 Å². The number of fused-ring (bicyclic) bond motifs is 1. The Kier molecular flexibility index (Phi) is 6.02. The second-order valence-electron chi connectivity index (χ2n) is 5.81. The summed E-state index contributed by atoms with van der Waals surface area (Å²) in [6.45, 7) is 5.97. The highest BCUT2D eigenvalue weighted by Crippen LogP contribution is 2.23. The fourth-order valence-electron chi connectivity index (χ4n) is 2.83. The number of amides is 1. The van der Waals surface area contributed by atoms with Gasteiger partial charge < -0.3 is 10.4 Å². The molecule has 0 bridgehead atoms. The fraction of sp³-hybridized carbons (Fsp3) is 0.444. The summed E-state index contributed by atoms with van der Waals surface area (Å²) in [6.07, 6.45) is 2.25. The maximum absolute atomic E-state index is 12.4. The molecule has 2 rings (SSSR count). The molecule has 124 valence electrons. The molecule has 1 aromatic heterocycles. The van der Waals surface area contributed by atoms with Gasteiger partial charge in [0, 0.05) is 22.4 Å². The highest BCUT2D eigenvalue weighted by molar-refractivity contribution is 7.99. The normalized spacial score (nSPS) is 13.8. The number of benzene rings is 1. The maximum Gasteiger partial charge on any atom is 0.224 e. The van der Waals surface area contributed by atoms with Crippen LogP contribution in [-0.2, 0) is 11.2 Å². The zero-order chi connectivity index (χ0) is 17.0. The molecule has 23 heavy (non-hydrogen) atoms. The van der Waals surface area contributed by atoms with Gasteiger partial charge in [-0.15, -0.1) is 0 Å². The first-order chi connectivity index (χ1) is 11.0. The van der Waals surface area contributed by atoms with Crippen molar-refractivity contribution in [3.8, 4) is 0 Å². The molecule has 2 aromatic rings. The molecular formula is C18H24N2O2S. The van der Waals surface area contributed by atoms with Crippen molar-refractivity contribution in [3.05, 3.63) is 41.1 Å². The average molecular weight is 332 g/mol.